The lowest BCUT2D eigenvalue weighted by molar-refractivity contribution is -0.175. The number of alkyl halides is 6. The summed E-state index contributed by atoms with van der Waals surface area (Å²) in [7, 11) is 1.81. The maximum Gasteiger partial charge on any atom is 0.471 e. The second-order valence-corrected chi connectivity index (χ2v) is 7.65. The normalized spacial score (nSPS) is 14.1. The molecule has 0 aliphatic carbocycles. The number of carboxylic acids is 2. The number of halogens is 6. The van der Waals surface area contributed by atoms with Gasteiger partial charge < -0.3 is 20.8 Å². The van der Waals surface area contributed by atoms with Crippen molar-refractivity contribution in [2.45, 2.75) is 37.3 Å². The predicted molar refractivity (Wildman–Crippen MR) is 85.4 cm³/mol. The predicted octanol–water partition coefficient (Wildman–Crippen LogP) is 1.41. The van der Waals surface area contributed by atoms with Crippen molar-refractivity contribution >= 4 is 45.3 Å². The topological polar surface area (TPSA) is 133 Å². The van der Waals surface area contributed by atoms with Crippen LogP contribution < -0.4 is 10.6 Å². The van der Waals surface area contributed by atoms with Gasteiger partial charge in [0.1, 0.15) is 12.1 Å². The maximum atomic E-state index is 12.1. The lowest BCUT2D eigenvalue weighted by Gasteiger charge is -2.16. The Labute approximate surface area is 161 Å². The fourth-order valence-electron chi connectivity index (χ4n) is 1.44. The van der Waals surface area contributed by atoms with Crippen LogP contribution in [0.2, 0.25) is 0 Å². The molecule has 2 amide bonds. The van der Waals surface area contributed by atoms with Crippen molar-refractivity contribution in [2.75, 3.05) is 11.5 Å². The number of aliphatic carboxylic acids is 2. The van der Waals surface area contributed by atoms with Gasteiger partial charge in [-0.2, -0.15) is 26.3 Å². The smallest absolute Gasteiger partial charge is 0.471 e. The van der Waals surface area contributed by atoms with Gasteiger partial charge in [0.15, 0.2) is 0 Å². The third-order valence-corrected chi connectivity index (χ3v) is 5.26. The van der Waals surface area contributed by atoms with Gasteiger partial charge in [0.25, 0.3) is 0 Å². The zero-order chi connectivity index (χ0) is 22.1. The quantitative estimate of drug-likeness (QED) is 0.207. The maximum absolute atomic E-state index is 12.1. The standard InChI is InChI=1S/C12H14F6N2O6S2/c13-11(14,15)9(25)19-5(7(21)22)1-3-27-28-4-2-6(8(23)24)20-10(26)12(16,17)18/h5-6H,1-4H2,(H,19,25)(H,20,26)(H,21,22)(H,23,24). The van der Waals surface area contributed by atoms with Gasteiger partial charge >= 0.3 is 36.1 Å². The third kappa shape index (κ3) is 10.5. The fourth-order valence-corrected chi connectivity index (χ4v) is 3.63. The summed E-state index contributed by atoms with van der Waals surface area (Å²) < 4.78 is 72.6. The van der Waals surface area contributed by atoms with Crippen LogP contribution in [-0.2, 0) is 19.2 Å². The van der Waals surface area contributed by atoms with Crippen LogP contribution >= 0.6 is 21.6 Å². The molecule has 2 atom stereocenters. The zero-order valence-corrected chi connectivity index (χ0v) is 15.2. The van der Waals surface area contributed by atoms with Crippen molar-refractivity contribution in [3.8, 4) is 0 Å². The molecular weight excluding hydrogens is 446 g/mol. The van der Waals surface area contributed by atoms with Gasteiger partial charge in [0, 0.05) is 11.5 Å². The van der Waals surface area contributed by atoms with E-state index in [1.807, 2.05) is 0 Å². The number of rotatable bonds is 11. The Kier molecular flexibility index (Phi) is 10.5. The first kappa shape index (κ1) is 26.2. The van der Waals surface area contributed by atoms with Crippen molar-refractivity contribution in [1.29, 1.82) is 0 Å². The molecule has 0 radical (unpaired) electrons. The highest BCUT2D eigenvalue weighted by Crippen LogP contribution is 2.24. The lowest BCUT2D eigenvalue weighted by Crippen LogP contribution is -2.47. The zero-order valence-electron chi connectivity index (χ0n) is 13.6. The number of hydrogen-bond acceptors (Lipinski definition) is 6. The van der Waals surface area contributed by atoms with E-state index in [-0.39, 0.29) is 24.3 Å². The molecule has 0 heterocycles. The van der Waals surface area contributed by atoms with Crippen LogP contribution in [0, 0.1) is 0 Å². The van der Waals surface area contributed by atoms with E-state index in [0.717, 1.165) is 21.6 Å². The summed E-state index contributed by atoms with van der Waals surface area (Å²) >= 11 is 0. The first-order valence-electron chi connectivity index (χ1n) is 7.11. The number of carbonyl (C=O) groups excluding carboxylic acids is 2. The van der Waals surface area contributed by atoms with E-state index in [1.54, 1.807) is 0 Å². The molecule has 0 saturated carbocycles. The highest BCUT2D eigenvalue weighted by molar-refractivity contribution is 8.76. The van der Waals surface area contributed by atoms with Crippen molar-refractivity contribution in [2.24, 2.45) is 0 Å². The molecule has 0 aliphatic heterocycles. The van der Waals surface area contributed by atoms with Gasteiger partial charge in [-0.05, 0) is 12.8 Å². The molecule has 0 aliphatic rings. The SMILES string of the molecule is O=C(O)C(CCSSCCC(NC(=O)C(F)(F)F)C(=O)O)NC(=O)C(F)(F)F. The molecule has 0 saturated heterocycles. The second kappa shape index (κ2) is 11.2. The Hall–Kier alpha value is -1.84. The Bertz CT molecular complexity index is 536. The number of carboxylic acid groups (broad SMARTS) is 2. The molecule has 4 N–H and O–H groups in total. The Morgan fingerprint density at radius 3 is 1.21 bits per heavy atom. The van der Waals surface area contributed by atoms with Gasteiger partial charge in [-0.15, -0.1) is 0 Å². The summed E-state index contributed by atoms with van der Waals surface area (Å²) in [4.78, 5) is 43.1. The van der Waals surface area contributed by atoms with Gasteiger partial charge in [0.05, 0.1) is 0 Å². The molecule has 0 fully saturated rings. The summed E-state index contributed by atoms with van der Waals surface area (Å²) in [5, 5.41) is 20.2. The van der Waals surface area contributed by atoms with E-state index >= 15 is 0 Å². The minimum Gasteiger partial charge on any atom is -0.480 e. The van der Waals surface area contributed by atoms with Crippen LogP contribution in [0.3, 0.4) is 0 Å². The minimum absolute atomic E-state index is 0.0631. The molecular formula is C12H14F6N2O6S2. The Balaban J connectivity index is 4.31. The van der Waals surface area contributed by atoms with Gasteiger partial charge in [0.2, 0.25) is 0 Å². The Morgan fingerprint density at radius 2 is 1.00 bits per heavy atom. The molecule has 0 aromatic carbocycles. The first-order valence-corrected chi connectivity index (χ1v) is 9.60. The van der Waals surface area contributed by atoms with Crippen molar-refractivity contribution < 1.29 is 55.7 Å². The van der Waals surface area contributed by atoms with Gasteiger partial charge in [-0.25, -0.2) is 9.59 Å². The summed E-state index contributed by atoms with van der Waals surface area (Å²) in [5.74, 6) is -8.34. The molecule has 2 unspecified atom stereocenters. The third-order valence-electron chi connectivity index (χ3n) is 2.78. The van der Waals surface area contributed by atoms with Crippen LogP contribution in [0.5, 0.6) is 0 Å². The largest absolute Gasteiger partial charge is 0.480 e. The molecule has 0 aromatic heterocycles. The minimum atomic E-state index is -5.25. The van der Waals surface area contributed by atoms with Crippen LogP contribution in [-0.4, -0.2) is 69.9 Å². The molecule has 0 aromatic rings. The number of amides is 2. The van der Waals surface area contributed by atoms with E-state index < -0.39 is 48.2 Å². The van der Waals surface area contributed by atoms with E-state index in [0.29, 0.717) is 0 Å². The second-order valence-electron chi connectivity index (χ2n) is 4.95. The van der Waals surface area contributed by atoms with Crippen LogP contribution in [0.1, 0.15) is 12.8 Å². The van der Waals surface area contributed by atoms with Gasteiger partial charge in [-0.1, -0.05) is 21.6 Å². The van der Waals surface area contributed by atoms with Crippen LogP contribution in [0.15, 0.2) is 0 Å². The summed E-state index contributed by atoms with van der Waals surface area (Å²) in [5.41, 5.74) is 0. The van der Waals surface area contributed by atoms with Crippen molar-refractivity contribution in [3.63, 3.8) is 0 Å². The van der Waals surface area contributed by atoms with E-state index in [2.05, 4.69) is 0 Å². The van der Waals surface area contributed by atoms with Gasteiger partial charge in [-0.3, -0.25) is 9.59 Å². The number of nitrogens with one attached hydrogen (secondary N) is 2. The summed E-state index contributed by atoms with van der Waals surface area (Å²) in [6.07, 6.45) is -11.3. The molecule has 28 heavy (non-hydrogen) atoms. The van der Waals surface area contributed by atoms with Crippen molar-refractivity contribution in [1.82, 2.24) is 10.6 Å². The number of carbonyl (C=O) groups is 4. The van der Waals surface area contributed by atoms with E-state index in [9.17, 15) is 45.5 Å². The molecule has 0 spiro atoms. The molecule has 162 valence electrons. The van der Waals surface area contributed by atoms with Crippen LogP contribution in [0.25, 0.3) is 0 Å². The average Bonchev–Trinajstić information content (AvgIpc) is 2.52. The molecule has 8 nitrogen and oxygen atoms in total. The van der Waals surface area contributed by atoms with E-state index in [1.165, 1.54) is 10.6 Å². The Morgan fingerprint density at radius 1 is 0.714 bits per heavy atom. The highest BCUT2D eigenvalue weighted by atomic mass is 33.1. The average molecular weight is 460 g/mol. The summed E-state index contributed by atoms with van der Waals surface area (Å²) in [6, 6.07) is -3.61. The first-order chi connectivity index (χ1) is 12.7. The van der Waals surface area contributed by atoms with Crippen LogP contribution in [0.4, 0.5) is 26.3 Å². The van der Waals surface area contributed by atoms with E-state index in [4.69, 9.17) is 10.2 Å². The molecule has 0 rings (SSSR count). The molecule has 0 bridgehead atoms. The summed E-state index contributed by atoms with van der Waals surface area (Å²) in [6.45, 7) is 0. The monoisotopic (exact) mass is 460 g/mol. The molecule has 16 heteroatoms. The fraction of sp³-hybridized carbons (Fsp3) is 0.667. The lowest BCUT2D eigenvalue weighted by atomic mass is 10.2. The van der Waals surface area contributed by atoms with Crippen molar-refractivity contribution in [3.05, 3.63) is 0 Å². The highest BCUT2D eigenvalue weighted by Gasteiger charge is 2.41. The number of hydrogen-bond donors (Lipinski definition) is 4.